The summed E-state index contributed by atoms with van der Waals surface area (Å²) in [5, 5.41) is 15.4. The van der Waals surface area contributed by atoms with Gasteiger partial charge in [0.05, 0.1) is 16.1 Å². The van der Waals surface area contributed by atoms with Crippen molar-refractivity contribution in [1.82, 2.24) is 25.0 Å². The van der Waals surface area contributed by atoms with Crippen LogP contribution in [-0.4, -0.2) is 30.6 Å². The van der Waals surface area contributed by atoms with Crippen LogP contribution in [0.1, 0.15) is 19.4 Å². The third-order valence-corrected chi connectivity index (χ3v) is 4.42. The highest BCUT2D eigenvalue weighted by Crippen LogP contribution is 2.25. The molecule has 1 N–H and O–H groups in total. The summed E-state index contributed by atoms with van der Waals surface area (Å²) in [6, 6.07) is 12.5. The van der Waals surface area contributed by atoms with Crippen LogP contribution in [0, 0.1) is 5.82 Å². The first-order chi connectivity index (χ1) is 12.4. The van der Waals surface area contributed by atoms with E-state index < -0.39 is 11.4 Å². The molecular formula is C18H16ClFN6. The Morgan fingerprint density at radius 1 is 1.19 bits per heavy atom. The van der Waals surface area contributed by atoms with Crippen LogP contribution >= 0.6 is 11.6 Å². The number of halogens is 2. The number of nitrogens with zero attached hydrogens (tertiary/aromatic N) is 5. The number of hydrogen-bond acceptors (Lipinski definition) is 5. The first-order valence-electron chi connectivity index (χ1n) is 8.12. The lowest BCUT2D eigenvalue weighted by Crippen LogP contribution is -2.34. The third-order valence-electron chi connectivity index (χ3n) is 4.11. The van der Waals surface area contributed by atoms with Gasteiger partial charge < -0.3 is 5.32 Å². The van der Waals surface area contributed by atoms with E-state index in [1.807, 2.05) is 44.2 Å². The Morgan fingerprint density at radius 2 is 2.00 bits per heavy atom. The van der Waals surface area contributed by atoms with Crippen molar-refractivity contribution in [2.75, 3.05) is 5.32 Å². The zero-order valence-corrected chi connectivity index (χ0v) is 15.0. The Kier molecular flexibility index (Phi) is 3.96. The van der Waals surface area contributed by atoms with Crippen LogP contribution in [0.4, 0.5) is 10.2 Å². The van der Waals surface area contributed by atoms with Gasteiger partial charge in [0.1, 0.15) is 5.82 Å². The van der Waals surface area contributed by atoms with Crippen LogP contribution in [0.25, 0.3) is 16.7 Å². The quantitative estimate of drug-likeness (QED) is 0.590. The maximum atomic E-state index is 13.7. The minimum Gasteiger partial charge on any atom is -0.362 e. The van der Waals surface area contributed by atoms with Gasteiger partial charge in [-0.25, -0.2) is 9.37 Å². The van der Waals surface area contributed by atoms with Gasteiger partial charge in [-0.15, -0.1) is 5.10 Å². The van der Waals surface area contributed by atoms with Crippen molar-refractivity contribution < 1.29 is 4.39 Å². The van der Waals surface area contributed by atoms with Crippen LogP contribution in [0.5, 0.6) is 0 Å². The molecule has 0 spiro atoms. The number of fused-ring (bicyclic) bond motifs is 3. The fourth-order valence-corrected chi connectivity index (χ4v) is 3.13. The fourth-order valence-electron chi connectivity index (χ4n) is 3.01. The molecule has 8 heteroatoms. The molecule has 0 aliphatic rings. The van der Waals surface area contributed by atoms with E-state index >= 15 is 0 Å². The van der Waals surface area contributed by atoms with E-state index in [0.29, 0.717) is 17.9 Å². The Balaban J connectivity index is 1.70. The maximum absolute atomic E-state index is 13.7. The average Bonchev–Trinajstić information content (AvgIpc) is 3.08. The van der Waals surface area contributed by atoms with Gasteiger partial charge in [0, 0.05) is 5.54 Å². The zero-order valence-electron chi connectivity index (χ0n) is 14.2. The number of para-hydroxylation sites is 2. The molecule has 0 radical (unpaired) electrons. The standard InChI is InChI=1S/C18H16ClFN6/c1-18(2,10-11-7-8-12(19)13(20)9-11)22-16-17-23-24-25-26(17)15-6-4-3-5-14(15)21-16/h3-9H,10H2,1-2H3,(H,21,22). The first kappa shape index (κ1) is 16.7. The van der Waals surface area contributed by atoms with Crippen LogP contribution in [0.15, 0.2) is 42.5 Å². The van der Waals surface area contributed by atoms with E-state index in [1.165, 1.54) is 6.07 Å². The van der Waals surface area contributed by atoms with E-state index in [1.54, 1.807) is 10.6 Å². The fraction of sp³-hybridized carbons (Fsp3) is 0.222. The number of nitrogens with one attached hydrogen (secondary N) is 1. The minimum absolute atomic E-state index is 0.118. The van der Waals surface area contributed by atoms with Gasteiger partial charge in [-0.3, -0.25) is 0 Å². The number of aromatic nitrogens is 5. The topological polar surface area (TPSA) is 68.0 Å². The second kappa shape index (κ2) is 6.17. The highest BCUT2D eigenvalue weighted by atomic mass is 35.5. The Bertz CT molecular complexity index is 1110. The van der Waals surface area contributed by atoms with Crippen LogP contribution in [-0.2, 0) is 6.42 Å². The van der Waals surface area contributed by atoms with E-state index in [4.69, 9.17) is 11.6 Å². The number of tetrazole rings is 1. The molecule has 0 bridgehead atoms. The monoisotopic (exact) mass is 370 g/mol. The van der Waals surface area contributed by atoms with E-state index in [0.717, 1.165) is 16.6 Å². The highest BCUT2D eigenvalue weighted by Gasteiger charge is 2.22. The smallest absolute Gasteiger partial charge is 0.222 e. The summed E-state index contributed by atoms with van der Waals surface area (Å²) in [6.07, 6.45) is 0.573. The van der Waals surface area contributed by atoms with Gasteiger partial charge in [-0.05, 0) is 60.5 Å². The van der Waals surface area contributed by atoms with E-state index in [2.05, 4.69) is 25.8 Å². The molecule has 6 nitrogen and oxygen atoms in total. The van der Waals surface area contributed by atoms with Crippen LogP contribution in [0.2, 0.25) is 5.02 Å². The minimum atomic E-state index is -0.423. The van der Waals surface area contributed by atoms with Crippen molar-refractivity contribution in [3.63, 3.8) is 0 Å². The molecule has 4 rings (SSSR count). The summed E-state index contributed by atoms with van der Waals surface area (Å²) in [4.78, 5) is 4.66. The van der Waals surface area contributed by atoms with Gasteiger partial charge in [0.25, 0.3) is 0 Å². The van der Waals surface area contributed by atoms with Gasteiger partial charge in [0.15, 0.2) is 5.82 Å². The van der Waals surface area contributed by atoms with Gasteiger partial charge in [0.2, 0.25) is 5.65 Å². The summed E-state index contributed by atoms with van der Waals surface area (Å²) >= 11 is 5.76. The maximum Gasteiger partial charge on any atom is 0.222 e. The molecule has 132 valence electrons. The molecule has 0 aliphatic heterocycles. The number of hydrogen-bond donors (Lipinski definition) is 1. The number of benzene rings is 2. The van der Waals surface area contributed by atoms with Crippen LogP contribution < -0.4 is 5.32 Å². The Hall–Kier alpha value is -2.80. The van der Waals surface area contributed by atoms with E-state index in [-0.39, 0.29) is 5.02 Å². The lowest BCUT2D eigenvalue weighted by molar-refractivity contribution is 0.557. The number of anilines is 1. The molecule has 2 aromatic heterocycles. The van der Waals surface area contributed by atoms with Crippen LogP contribution in [0.3, 0.4) is 0 Å². The lowest BCUT2D eigenvalue weighted by atomic mass is 9.95. The van der Waals surface area contributed by atoms with Crippen molar-refractivity contribution in [3.8, 4) is 0 Å². The second-order valence-corrected chi connectivity index (χ2v) is 7.20. The highest BCUT2D eigenvalue weighted by molar-refractivity contribution is 6.30. The lowest BCUT2D eigenvalue weighted by Gasteiger charge is -2.27. The number of rotatable bonds is 4. The predicted octanol–water partition coefficient (Wildman–Crippen LogP) is 3.90. The Labute approximate surface area is 154 Å². The molecule has 0 unspecified atom stereocenters. The third kappa shape index (κ3) is 3.06. The first-order valence-corrected chi connectivity index (χ1v) is 8.50. The SMILES string of the molecule is CC(C)(Cc1ccc(Cl)c(F)c1)Nc1nc2ccccc2n2nnnc12. The molecule has 26 heavy (non-hydrogen) atoms. The van der Waals surface area contributed by atoms with Crippen molar-refractivity contribution in [2.24, 2.45) is 0 Å². The van der Waals surface area contributed by atoms with Gasteiger partial charge in [-0.2, -0.15) is 4.52 Å². The molecule has 2 heterocycles. The summed E-state index contributed by atoms with van der Waals surface area (Å²) < 4.78 is 15.4. The van der Waals surface area contributed by atoms with Gasteiger partial charge in [-0.1, -0.05) is 29.8 Å². The van der Waals surface area contributed by atoms with Crippen molar-refractivity contribution in [3.05, 3.63) is 58.9 Å². The van der Waals surface area contributed by atoms with Gasteiger partial charge >= 0.3 is 0 Å². The van der Waals surface area contributed by atoms with Crippen molar-refractivity contribution >= 4 is 34.1 Å². The zero-order chi connectivity index (χ0) is 18.3. The summed E-state index contributed by atoms with van der Waals surface area (Å²) in [6.45, 7) is 4.02. The molecule has 0 aliphatic carbocycles. The van der Waals surface area contributed by atoms with Crippen molar-refractivity contribution in [1.29, 1.82) is 0 Å². The molecular weight excluding hydrogens is 355 g/mol. The predicted molar refractivity (Wildman–Crippen MR) is 98.9 cm³/mol. The molecule has 4 aromatic rings. The Morgan fingerprint density at radius 3 is 2.81 bits per heavy atom. The molecule has 0 atom stereocenters. The molecule has 2 aromatic carbocycles. The average molecular weight is 371 g/mol. The molecule has 0 amide bonds. The molecule has 0 fully saturated rings. The normalized spacial score (nSPS) is 12.0. The summed E-state index contributed by atoms with van der Waals surface area (Å²) in [7, 11) is 0. The summed E-state index contributed by atoms with van der Waals surface area (Å²) in [5.74, 6) is 0.154. The molecule has 0 saturated carbocycles. The summed E-state index contributed by atoms with van der Waals surface area (Å²) in [5.41, 5.74) is 2.57. The molecule has 0 saturated heterocycles. The van der Waals surface area contributed by atoms with Crippen molar-refractivity contribution in [2.45, 2.75) is 25.8 Å². The second-order valence-electron chi connectivity index (χ2n) is 6.80. The van der Waals surface area contributed by atoms with E-state index in [9.17, 15) is 4.39 Å². The largest absolute Gasteiger partial charge is 0.362 e.